The van der Waals surface area contributed by atoms with E-state index < -0.39 is 11.9 Å². The van der Waals surface area contributed by atoms with Gasteiger partial charge >= 0.3 is 17.9 Å². The number of hydrogen-bond acceptors (Lipinski definition) is 8. The number of rotatable bonds is 20. The van der Waals surface area contributed by atoms with Gasteiger partial charge in [0.15, 0.2) is 0 Å². The molecule has 0 N–H and O–H groups in total. The molecule has 0 aromatic heterocycles. The quantitative estimate of drug-likeness (QED) is 0.0525. The van der Waals surface area contributed by atoms with E-state index in [0.29, 0.717) is 43.1 Å². The summed E-state index contributed by atoms with van der Waals surface area (Å²) in [6, 6.07) is 22.2. The zero-order valence-electron chi connectivity index (χ0n) is 27.0. The Kier molecular flexibility index (Phi) is 14.1. The number of unbranched alkanes of at least 4 members (excludes halogenated alkanes) is 6. The minimum absolute atomic E-state index is 0.0211. The zero-order valence-corrected chi connectivity index (χ0v) is 27.0. The van der Waals surface area contributed by atoms with E-state index in [-0.39, 0.29) is 12.1 Å². The van der Waals surface area contributed by atoms with Crippen LogP contribution in [0.1, 0.15) is 74.6 Å². The molecule has 3 aromatic carbocycles. The van der Waals surface area contributed by atoms with Crippen molar-refractivity contribution in [2.75, 3.05) is 19.8 Å². The number of esters is 3. The Morgan fingerprint density at radius 3 is 1.79 bits per heavy atom. The van der Waals surface area contributed by atoms with Crippen molar-refractivity contribution in [1.29, 1.82) is 0 Å². The van der Waals surface area contributed by atoms with Gasteiger partial charge < -0.3 is 23.7 Å². The molecule has 4 rings (SSSR count). The standard InChI is InChI=1S/C39H44O8/c1-3-37(40)45-27-11-10-26-44-33-19-13-30(14-20-33)31-15-23-35(24-16-31)46-39(42)32-17-21-34(22-18-32)43-25-9-7-5-4-6-8-12-36-28-29(2)38(41)47-36/h3,13-24,36H,1-2,4-12,25-28H2. The predicted molar refractivity (Wildman–Crippen MR) is 181 cm³/mol. The van der Waals surface area contributed by atoms with Gasteiger partial charge in [0, 0.05) is 18.1 Å². The van der Waals surface area contributed by atoms with Crippen molar-refractivity contribution in [3.05, 3.63) is 103 Å². The molecule has 3 aromatic rings. The average Bonchev–Trinajstić information content (AvgIpc) is 3.42. The second-order valence-corrected chi connectivity index (χ2v) is 11.5. The van der Waals surface area contributed by atoms with E-state index >= 15 is 0 Å². The van der Waals surface area contributed by atoms with Gasteiger partial charge in [0.25, 0.3) is 0 Å². The molecule has 0 aliphatic carbocycles. The summed E-state index contributed by atoms with van der Waals surface area (Å²) in [5.74, 6) is 0.868. The second-order valence-electron chi connectivity index (χ2n) is 11.5. The van der Waals surface area contributed by atoms with Gasteiger partial charge in [0.2, 0.25) is 0 Å². The fourth-order valence-electron chi connectivity index (χ4n) is 5.10. The van der Waals surface area contributed by atoms with E-state index in [2.05, 4.69) is 13.2 Å². The van der Waals surface area contributed by atoms with Crippen LogP contribution in [0.3, 0.4) is 0 Å². The van der Waals surface area contributed by atoms with Gasteiger partial charge in [-0.25, -0.2) is 14.4 Å². The van der Waals surface area contributed by atoms with E-state index in [1.54, 1.807) is 36.4 Å². The summed E-state index contributed by atoms with van der Waals surface area (Å²) in [6.45, 7) is 8.61. The summed E-state index contributed by atoms with van der Waals surface area (Å²) < 4.78 is 27.4. The summed E-state index contributed by atoms with van der Waals surface area (Å²) in [5, 5.41) is 0. The molecule has 1 atom stereocenters. The van der Waals surface area contributed by atoms with Crippen LogP contribution in [0.5, 0.6) is 17.2 Å². The van der Waals surface area contributed by atoms with Crippen molar-refractivity contribution in [3.63, 3.8) is 0 Å². The van der Waals surface area contributed by atoms with Gasteiger partial charge in [-0.05, 0) is 91.8 Å². The Morgan fingerprint density at radius 1 is 0.702 bits per heavy atom. The summed E-state index contributed by atoms with van der Waals surface area (Å²) in [6.07, 6.45) is 10.8. The minimum atomic E-state index is -0.430. The third-order valence-electron chi connectivity index (χ3n) is 7.79. The summed E-state index contributed by atoms with van der Waals surface area (Å²) >= 11 is 0. The number of carbonyl (C=O) groups excluding carboxylic acids is 3. The van der Waals surface area contributed by atoms with Crippen LogP contribution in [0, 0.1) is 0 Å². The topological polar surface area (TPSA) is 97.4 Å². The number of hydrogen-bond donors (Lipinski definition) is 0. The van der Waals surface area contributed by atoms with Crippen molar-refractivity contribution >= 4 is 17.9 Å². The normalized spacial score (nSPS) is 13.9. The lowest BCUT2D eigenvalue weighted by Crippen LogP contribution is -2.08. The highest BCUT2D eigenvalue weighted by Crippen LogP contribution is 2.26. The third kappa shape index (κ3) is 12.1. The smallest absolute Gasteiger partial charge is 0.343 e. The molecule has 8 nitrogen and oxygen atoms in total. The van der Waals surface area contributed by atoms with Crippen LogP contribution >= 0.6 is 0 Å². The summed E-state index contributed by atoms with van der Waals surface area (Å²) in [5.41, 5.74) is 3.04. The van der Waals surface area contributed by atoms with Crippen molar-refractivity contribution < 1.29 is 38.1 Å². The first-order chi connectivity index (χ1) is 22.9. The number of ether oxygens (including phenoxy) is 5. The van der Waals surface area contributed by atoms with Gasteiger partial charge in [0.05, 0.1) is 25.4 Å². The molecule has 0 amide bonds. The van der Waals surface area contributed by atoms with Crippen LogP contribution in [0.2, 0.25) is 0 Å². The third-order valence-corrected chi connectivity index (χ3v) is 7.79. The largest absolute Gasteiger partial charge is 0.494 e. The molecule has 1 aliphatic heterocycles. The predicted octanol–water partition coefficient (Wildman–Crippen LogP) is 8.44. The van der Waals surface area contributed by atoms with E-state index in [1.807, 2.05) is 36.4 Å². The molecule has 0 radical (unpaired) electrons. The Labute approximate surface area is 277 Å². The molecule has 47 heavy (non-hydrogen) atoms. The van der Waals surface area contributed by atoms with Crippen LogP contribution in [-0.4, -0.2) is 43.8 Å². The van der Waals surface area contributed by atoms with Crippen LogP contribution in [0.15, 0.2) is 97.6 Å². The molecule has 1 saturated heterocycles. The number of cyclic esters (lactones) is 1. The molecule has 0 saturated carbocycles. The molecular formula is C39H44O8. The van der Waals surface area contributed by atoms with Gasteiger partial charge in [0.1, 0.15) is 23.4 Å². The van der Waals surface area contributed by atoms with E-state index in [9.17, 15) is 14.4 Å². The highest BCUT2D eigenvalue weighted by molar-refractivity contribution is 5.91. The first-order valence-corrected chi connectivity index (χ1v) is 16.4. The van der Waals surface area contributed by atoms with Crippen molar-refractivity contribution in [3.8, 4) is 28.4 Å². The van der Waals surface area contributed by atoms with Crippen molar-refractivity contribution in [1.82, 2.24) is 0 Å². The molecule has 1 fully saturated rings. The molecule has 0 spiro atoms. The van der Waals surface area contributed by atoms with Gasteiger partial charge in [-0.15, -0.1) is 0 Å². The fraction of sp³-hybridized carbons (Fsp3) is 0.359. The zero-order chi connectivity index (χ0) is 33.3. The maximum absolute atomic E-state index is 12.7. The lowest BCUT2D eigenvalue weighted by Gasteiger charge is -2.09. The SMILES string of the molecule is C=CC(=O)OCCCCOc1ccc(-c2ccc(OC(=O)c3ccc(OCCCCCCCCC4CC(=C)C(=O)O4)cc3)cc2)cc1. The van der Waals surface area contributed by atoms with Crippen LogP contribution in [0.4, 0.5) is 0 Å². The van der Waals surface area contributed by atoms with Gasteiger partial charge in [-0.2, -0.15) is 0 Å². The van der Waals surface area contributed by atoms with Crippen LogP contribution in [0.25, 0.3) is 11.1 Å². The first-order valence-electron chi connectivity index (χ1n) is 16.4. The Morgan fingerprint density at radius 2 is 1.21 bits per heavy atom. The lowest BCUT2D eigenvalue weighted by molar-refractivity contribution is -0.139. The highest BCUT2D eigenvalue weighted by Gasteiger charge is 2.26. The molecule has 8 heteroatoms. The van der Waals surface area contributed by atoms with E-state index in [0.717, 1.165) is 86.5 Å². The summed E-state index contributed by atoms with van der Waals surface area (Å²) in [7, 11) is 0. The van der Waals surface area contributed by atoms with Crippen LogP contribution < -0.4 is 14.2 Å². The van der Waals surface area contributed by atoms with E-state index in [1.165, 1.54) is 0 Å². The van der Waals surface area contributed by atoms with Crippen molar-refractivity contribution in [2.45, 2.75) is 70.3 Å². The molecule has 1 unspecified atom stereocenters. The molecule has 248 valence electrons. The second kappa shape index (κ2) is 19.0. The first kappa shape index (κ1) is 35.0. The summed E-state index contributed by atoms with van der Waals surface area (Å²) in [4.78, 5) is 35.1. The minimum Gasteiger partial charge on any atom is -0.494 e. The molecule has 0 bridgehead atoms. The fourth-order valence-corrected chi connectivity index (χ4v) is 5.10. The highest BCUT2D eigenvalue weighted by atomic mass is 16.6. The van der Waals surface area contributed by atoms with Gasteiger partial charge in [-0.1, -0.05) is 63.1 Å². The average molecular weight is 641 g/mol. The Bertz CT molecular complexity index is 1440. The molecule has 1 heterocycles. The van der Waals surface area contributed by atoms with Crippen molar-refractivity contribution in [2.24, 2.45) is 0 Å². The Hall–Kier alpha value is -4.85. The maximum atomic E-state index is 12.7. The molecule has 1 aliphatic rings. The number of carbonyl (C=O) groups is 3. The van der Waals surface area contributed by atoms with E-state index in [4.69, 9.17) is 23.7 Å². The monoisotopic (exact) mass is 640 g/mol. The number of benzene rings is 3. The molecular weight excluding hydrogens is 596 g/mol. The Balaban J connectivity index is 1.08. The maximum Gasteiger partial charge on any atom is 0.343 e. The van der Waals surface area contributed by atoms with Crippen LogP contribution in [-0.2, 0) is 19.1 Å². The van der Waals surface area contributed by atoms with Gasteiger partial charge in [-0.3, -0.25) is 0 Å². The lowest BCUT2D eigenvalue weighted by atomic mass is 10.0.